The summed E-state index contributed by atoms with van der Waals surface area (Å²) in [5, 5.41) is 17.3. The van der Waals surface area contributed by atoms with Gasteiger partial charge in [-0.1, -0.05) is 12.2 Å². The standard InChI is InChI=1S/C5H8O2/c6-4-2-1-3-5(4)7/h1-2,4-7H,3H2. The molecule has 40 valence electrons. The van der Waals surface area contributed by atoms with Crippen LogP contribution in [0.1, 0.15) is 6.42 Å². The van der Waals surface area contributed by atoms with E-state index in [-0.39, 0.29) is 0 Å². The lowest BCUT2D eigenvalue weighted by Gasteiger charge is -2.03. The fourth-order valence-electron chi connectivity index (χ4n) is 0.625. The van der Waals surface area contributed by atoms with Gasteiger partial charge in [0.2, 0.25) is 0 Å². The molecule has 2 N–H and O–H groups in total. The molecule has 0 saturated carbocycles. The molecule has 2 atom stereocenters. The maximum Gasteiger partial charge on any atom is 0.0982 e. The fourth-order valence-corrected chi connectivity index (χ4v) is 0.625. The van der Waals surface area contributed by atoms with Gasteiger partial charge < -0.3 is 10.2 Å². The molecule has 2 unspecified atom stereocenters. The van der Waals surface area contributed by atoms with Crippen LogP contribution in [-0.2, 0) is 0 Å². The van der Waals surface area contributed by atoms with Gasteiger partial charge in [-0.25, -0.2) is 0 Å². The summed E-state index contributed by atoms with van der Waals surface area (Å²) in [7, 11) is 0. The van der Waals surface area contributed by atoms with Gasteiger partial charge in [-0.05, 0) is 6.42 Å². The molecule has 0 saturated heterocycles. The highest BCUT2D eigenvalue weighted by Gasteiger charge is 2.15. The first kappa shape index (κ1) is 4.81. The molecule has 0 aromatic rings. The van der Waals surface area contributed by atoms with Gasteiger partial charge in [-0.3, -0.25) is 0 Å². The predicted octanol–water partition coefficient (Wildman–Crippen LogP) is -0.332. The molecule has 1 rings (SSSR count). The van der Waals surface area contributed by atoms with Gasteiger partial charge in [0, 0.05) is 0 Å². The first-order valence-corrected chi connectivity index (χ1v) is 2.33. The molecular formula is C5H8O2. The highest BCUT2D eigenvalue weighted by Crippen LogP contribution is 2.08. The van der Waals surface area contributed by atoms with Crippen LogP contribution in [0.4, 0.5) is 0 Å². The molecule has 0 aromatic heterocycles. The van der Waals surface area contributed by atoms with Crippen molar-refractivity contribution < 1.29 is 10.2 Å². The van der Waals surface area contributed by atoms with Crippen LogP contribution in [0.5, 0.6) is 0 Å². The minimum Gasteiger partial charge on any atom is -0.390 e. The van der Waals surface area contributed by atoms with Gasteiger partial charge in [0.05, 0.1) is 12.2 Å². The summed E-state index contributed by atoms with van der Waals surface area (Å²) >= 11 is 0. The zero-order valence-electron chi connectivity index (χ0n) is 3.91. The Kier molecular flexibility index (Phi) is 1.13. The summed E-state index contributed by atoms with van der Waals surface area (Å²) in [4.78, 5) is 0. The second-order valence-electron chi connectivity index (χ2n) is 1.72. The van der Waals surface area contributed by atoms with E-state index in [2.05, 4.69) is 0 Å². The molecule has 0 bridgehead atoms. The Hall–Kier alpha value is -0.340. The van der Waals surface area contributed by atoms with Crippen molar-refractivity contribution in [1.82, 2.24) is 0 Å². The van der Waals surface area contributed by atoms with Crippen LogP contribution in [0, 0.1) is 0 Å². The summed E-state index contributed by atoms with van der Waals surface area (Å²) in [6.07, 6.45) is 2.82. The molecule has 0 radical (unpaired) electrons. The molecule has 1 aliphatic carbocycles. The van der Waals surface area contributed by atoms with E-state index in [1.54, 1.807) is 12.2 Å². The lowest BCUT2D eigenvalue weighted by molar-refractivity contribution is 0.0611. The lowest BCUT2D eigenvalue weighted by atomic mass is 10.2. The normalized spacial score (nSPS) is 39.7. The second-order valence-corrected chi connectivity index (χ2v) is 1.72. The van der Waals surface area contributed by atoms with Crippen LogP contribution in [0.25, 0.3) is 0 Å². The van der Waals surface area contributed by atoms with Gasteiger partial charge in [0.25, 0.3) is 0 Å². The Balaban J connectivity index is 2.45. The Morgan fingerprint density at radius 3 is 2.29 bits per heavy atom. The van der Waals surface area contributed by atoms with E-state index in [1.165, 1.54) is 0 Å². The summed E-state index contributed by atoms with van der Waals surface area (Å²) in [5.41, 5.74) is 0. The van der Waals surface area contributed by atoms with E-state index >= 15 is 0 Å². The number of aliphatic hydroxyl groups is 2. The molecule has 0 amide bonds. The highest BCUT2D eigenvalue weighted by molar-refractivity contribution is 5.01. The van der Waals surface area contributed by atoms with Crippen molar-refractivity contribution in [3.8, 4) is 0 Å². The number of rotatable bonds is 0. The molecule has 0 fully saturated rings. The number of hydrogen-bond donors (Lipinski definition) is 2. The third kappa shape index (κ3) is 0.813. The summed E-state index contributed by atoms with van der Waals surface area (Å²) in [6.45, 7) is 0. The van der Waals surface area contributed by atoms with Gasteiger partial charge in [-0.2, -0.15) is 0 Å². The molecule has 0 heterocycles. The van der Waals surface area contributed by atoms with Gasteiger partial charge >= 0.3 is 0 Å². The smallest absolute Gasteiger partial charge is 0.0982 e. The van der Waals surface area contributed by atoms with E-state index in [9.17, 15) is 0 Å². The van der Waals surface area contributed by atoms with Crippen LogP contribution in [0.2, 0.25) is 0 Å². The van der Waals surface area contributed by atoms with Gasteiger partial charge in [0.1, 0.15) is 0 Å². The third-order valence-electron chi connectivity index (χ3n) is 1.11. The lowest BCUT2D eigenvalue weighted by Crippen LogP contribution is -2.17. The summed E-state index contributed by atoms with van der Waals surface area (Å²) in [5.74, 6) is 0. The highest BCUT2D eigenvalue weighted by atomic mass is 16.3. The van der Waals surface area contributed by atoms with Crippen molar-refractivity contribution in [3.63, 3.8) is 0 Å². The van der Waals surface area contributed by atoms with Crippen LogP contribution < -0.4 is 0 Å². The van der Waals surface area contributed by atoms with Crippen LogP contribution in [0.3, 0.4) is 0 Å². The zero-order chi connectivity index (χ0) is 5.28. The van der Waals surface area contributed by atoms with Crippen LogP contribution in [-0.4, -0.2) is 22.4 Å². The Morgan fingerprint density at radius 1 is 1.43 bits per heavy atom. The van der Waals surface area contributed by atoms with E-state index in [0.717, 1.165) is 0 Å². The molecular weight excluding hydrogens is 92.1 g/mol. The monoisotopic (exact) mass is 100 g/mol. The predicted molar refractivity (Wildman–Crippen MR) is 25.8 cm³/mol. The average molecular weight is 100 g/mol. The maximum atomic E-state index is 8.69. The molecule has 7 heavy (non-hydrogen) atoms. The van der Waals surface area contributed by atoms with E-state index in [1.807, 2.05) is 0 Å². The first-order valence-electron chi connectivity index (χ1n) is 2.33. The molecule has 1 aliphatic rings. The van der Waals surface area contributed by atoms with Gasteiger partial charge in [0.15, 0.2) is 0 Å². The molecule has 0 aliphatic heterocycles. The topological polar surface area (TPSA) is 40.5 Å². The fraction of sp³-hybridized carbons (Fsp3) is 0.600. The largest absolute Gasteiger partial charge is 0.390 e. The maximum absolute atomic E-state index is 8.69. The van der Waals surface area contributed by atoms with Crippen molar-refractivity contribution in [3.05, 3.63) is 12.2 Å². The molecule has 0 aromatic carbocycles. The molecule has 0 spiro atoms. The third-order valence-corrected chi connectivity index (χ3v) is 1.11. The van der Waals surface area contributed by atoms with Crippen molar-refractivity contribution in [2.24, 2.45) is 0 Å². The summed E-state index contributed by atoms with van der Waals surface area (Å²) < 4.78 is 0. The van der Waals surface area contributed by atoms with Crippen molar-refractivity contribution in [2.45, 2.75) is 18.6 Å². The number of aliphatic hydroxyl groups excluding tert-OH is 2. The van der Waals surface area contributed by atoms with E-state index < -0.39 is 12.2 Å². The minimum absolute atomic E-state index is 0.542. The van der Waals surface area contributed by atoms with Gasteiger partial charge in [-0.15, -0.1) is 0 Å². The van der Waals surface area contributed by atoms with Crippen molar-refractivity contribution >= 4 is 0 Å². The molecule has 2 nitrogen and oxygen atoms in total. The van der Waals surface area contributed by atoms with E-state index in [0.29, 0.717) is 6.42 Å². The zero-order valence-corrected chi connectivity index (χ0v) is 3.91. The first-order chi connectivity index (χ1) is 3.30. The SMILES string of the molecule is OC1C=CCC1O. The van der Waals surface area contributed by atoms with Crippen LogP contribution in [0.15, 0.2) is 12.2 Å². The minimum atomic E-state index is -0.611. The van der Waals surface area contributed by atoms with E-state index in [4.69, 9.17) is 10.2 Å². The Bertz CT molecular complexity index is 88.1. The Labute approximate surface area is 42.1 Å². The number of hydrogen-bond acceptors (Lipinski definition) is 2. The van der Waals surface area contributed by atoms with Crippen molar-refractivity contribution in [1.29, 1.82) is 0 Å². The second kappa shape index (κ2) is 1.64. The summed E-state index contributed by atoms with van der Waals surface area (Å²) in [6, 6.07) is 0. The quantitative estimate of drug-likeness (QED) is 0.409. The van der Waals surface area contributed by atoms with Crippen LogP contribution >= 0.6 is 0 Å². The Morgan fingerprint density at radius 2 is 2.14 bits per heavy atom. The average Bonchev–Trinajstić information content (AvgIpc) is 1.91. The van der Waals surface area contributed by atoms with Crippen molar-refractivity contribution in [2.75, 3.05) is 0 Å². The molecule has 2 heteroatoms.